The number of nitrogens with two attached hydrogens (primary N) is 1. The van der Waals surface area contributed by atoms with Gasteiger partial charge in [-0.2, -0.15) is 5.10 Å². The van der Waals surface area contributed by atoms with Gasteiger partial charge in [-0.05, 0) is 0 Å². The summed E-state index contributed by atoms with van der Waals surface area (Å²) in [7, 11) is 1.78. The van der Waals surface area contributed by atoms with Crippen molar-refractivity contribution in [1.29, 1.82) is 0 Å². The average molecular weight is 179 g/mol. The summed E-state index contributed by atoms with van der Waals surface area (Å²) in [6.45, 7) is 1.73. The van der Waals surface area contributed by atoms with Crippen molar-refractivity contribution in [2.24, 2.45) is 7.05 Å². The Labute approximate surface area is 74.4 Å². The third-order valence-electron chi connectivity index (χ3n) is 1.61. The molecule has 0 aromatic carbocycles. The first-order chi connectivity index (χ1) is 6.16. The van der Waals surface area contributed by atoms with E-state index in [-0.39, 0.29) is 0 Å². The predicted molar refractivity (Wildman–Crippen MR) is 45.6 cm³/mol. The van der Waals surface area contributed by atoms with E-state index in [1.165, 1.54) is 0 Å². The van der Waals surface area contributed by atoms with Crippen LogP contribution in [0.4, 0.5) is 5.82 Å². The van der Waals surface area contributed by atoms with Gasteiger partial charge >= 0.3 is 0 Å². The molecule has 2 aromatic heterocycles. The number of aryl methyl sites for hydroxylation is 2. The summed E-state index contributed by atoms with van der Waals surface area (Å²) in [5.74, 6) is 1.31. The standard InChI is InChI=1S/C7H9N5O/c1-4-9-10-7(13-4)5-3-12(2)11-6(5)8/h3H,1-2H3,(H2,8,11). The van der Waals surface area contributed by atoms with E-state index in [1.807, 2.05) is 0 Å². The second kappa shape index (κ2) is 2.58. The highest BCUT2D eigenvalue weighted by molar-refractivity contribution is 5.65. The van der Waals surface area contributed by atoms with E-state index in [0.717, 1.165) is 0 Å². The fraction of sp³-hybridized carbons (Fsp3) is 0.286. The number of rotatable bonds is 1. The predicted octanol–water partition coefficient (Wildman–Crippen LogP) is 0.361. The number of hydrogen-bond acceptors (Lipinski definition) is 5. The Hall–Kier alpha value is -1.85. The molecule has 0 unspecified atom stereocenters. The first kappa shape index (κ1) is 7.78. The lowest BCUT2D eigenvalue weighted by molar-refractivity contribution is 0.533. The summed E-state index contributed by atoms with van der Waals surface area (Å²) in [6.07, 6.45) is 1.74. The van der Waals surface area contributed by atoms with Gasteiger partial charge < -0.3 is 10.2 Å². The number of nitrogen functional groups attached to an aromatic ring is 1. The zero-order chi connectivity index (χ0) is 9.42. The van der Waals surface area contributed by atoms with E-state index in [2.05, 4.69) is 15.3 Å². The molecule has 0 saturated heterocycles. The van der Waals surface area contributed by atoms with E-state index >= 15 is 0 Å². The minimum Gasteiger partial charge on any atom is -0.421 e. The van der Waals surface area contributed by atoms with Crippen molar-refractivity contribution >= 4 is 5.82 Å². The summed E-state index contributed by atoms with van der Waals surface area (Å²) >= 11 is 0. The van der Waals surface area contributed by atoms with Crippen LogP contribution in [0.2, 0.25) is 0 Å². The molecule has 0 fully saturated rings. The molecule has 0 radical (unpaired) electrons. The second-order valence-electron chi connectivity index (χ2n) is 2.73. The molecular weight excluding hydrogens is 170 g/mol. The Balaban J connectivity index is 2.51. The molecule has 6 heteroatoms. The fourth-order valence-corrected chi connectivity index (χ4v) is 1.08. The quantitative estimate of drug-likeness (QED) is 0.683. The maximum Gasteiger partial charge on any atom is 0.253 e. The average Bonchev–Trinajstić information content (AvgIpc) is 2.58. The van der Waals surface area contributed by atoms with Gasteiger partial charge in [-0.15, -0.1) is 10.2 Å². The zero-order valence-corrected chi connectivity index (χ0v) is 7.35. The van der Waals surface area contributed by atoms with Crippen LogP contribution in [0.5, 0.6) is 0 Å². The van der Waals surface area contributed by atoms with Crippen LogP contribution in [0.3, 0.4) is 0 Å². The summed E-state index contributed by atoms with van der Waals surface area (Å²) in [5.41, 5.74) is 6.29. The van der Waals surface area contributed by atoms with Gasteiger partial charge in [0.1, 0.15) is 5.56 Å². The smallest absolute Gasteiger partial charge is 0.253 e. The summed E-state index contributed by atoms with van der Waals surface area (Å²) in [6, 6.07) is 0. The van der Waals surface area contributed by atoms with Crippen LogP contribution in [0.15, 0.2) is 10.6 Å². The molecule has 2 heterocycles. The van der Waals surface area contributed by atoms with Gasteiger partial charge in [-0.3, -0.25) is 4.68 Å². The first-order valence-corrected chi connectivity index (χ1v) is 3.76. The third-order valence-corrected chi connectivity index (χ3v) is 1.61. The molecule has 0 atom stereocenters. The number of aromatic nitrogens is 4. The third kappa shape index (κ3) is 1.26. The molecule has 0 bridgehead atoms. The van der Waals surface area contributed by atoms with E-state index in [1.54, 1.807) is 24.9 Å². The maximum atomic E-state index is 5.62. The molecule has 13 heavy (non-hydrogen) atoms. The van der Waals surface area contributed by atoms with Crippen molar-refractivity contribution in [1.82, 2.24) is 20.0 Å². The Morgan fingerprint density at radius 2 is 2.23 bits per heavy atom. The van der Waals surface area contributed by atoms with Crippen molar-refractivity contribution in [2.45, 2.75) is 6.92 Å². The number of nitrogens with zero attached hydrogens (tertiary/aromatic N) is 4. The minimum atomic E-state index is 0.395. The van der Waals surface area contributed by atoms with Crippen molar-refractivity contribution in [3.8, 4) is 11.5 Å². The van der Waals surface area contributed by atoms with Gasteiger partial charge in [0.25, 0.3) is 5.89 Å². The summed E-state index contributed by atoms with van der Waals surface area (Å²) in [5, 5.41) is 11.5. The summed E-state index contributed by atoms with van der Waals surface area (Å²) in [4.78, 5) is 0. The van der Waals surface area contributed by atoms with Gasteiger partial charge in [0.2, 0.25) is 5.89 Å². The monoisotopic (exact) mass is 179 g/mol. The van der Waals surface area contributed by atoms with Gasteiger partial charge in [0.15, 0.2) is 5.82 Å². The van der Waals surface area contributed by atoms with Crippen LogP contribution in [-0.2, 0) is 7.05 Å². The maximum absolute atomic E-state index is 5.62. The summed E-state index contributed by atoms with van der Waals surface area (Å²) < 4.78 is 6.81. The lowest BCUT2D eigenvalue weighted by Gasteiger charge is -1.87. The fourth-order valence-electron chi connectivity index (χ4n) is 1.08. The molecule has 0 amide bonds. The molecular formula is C7H9N5O. The Bertz CT molecular complexity index is 430. The highest BCUT2D eigenvalue weighted by Gasteiger charge is 2.12. The zero-order valence-electron chi connectivity index (χ0n) is 7.35. The van der Waals surface area contributed by atoms with Crippen LogP contribution in [0.1, 0.15) is 5.89 Å². The van der Waals surface area contributed by atoms with Gasteiger partial charge in [0.05, 0.1) is 0 Å². The topological polar surface area (TPSA) is 82.8 Å². The lowest BCUT2D eigenvalue weighted by atomic mass is 10.3. The second-order valence-corrected chi connectivity index (χ2v) is 2.73. The normalized spacial score (nSPS) is 10.6. The minimum absolute atomic E-state index is 0.395. The molecule has 0 aliphatic heterocycles. The SMILES string of the molecule is Cc1nnc(-c2cn(C)nc2N)o1. The molecule has 2 N–H and O–H groups in total. The van der Waals surface area contributed by atoms with Crippen molar-refractivity contribution < 1.29 is 4.42 Å². The van der Waals surface area contributed by atoms with Crippen LogP contribution >= 0.6 is 0 Å². The molecule has 2 aromatic rings. The lowest BCUT2D eigenvalue weighted by Crippen LogP contribution is -1.90. The van der Waals surface area contributed by atoms with Crippen LogP contribution < -0.4 is 5.73 Å². The Kier molecular flexibility index (Phi) is 1.54. The highest BCUT2D eigenvalue weighted by atomic mass is 16.4. The van der Waals surface area contributed by atoms with Crippen LogP contribution in [0.25, 0.3) is 11.5 Å². The van der Waals surface area contributed by atoms with E-state index < -0.39 is 0 Å². The Morgan fingerprint density at radius 3 is 2.69 bits per heavy atom. The molecule has 68 valence electrons. The molecule has 0 aliphatic rings. The number of hydrogen-bond donors (Lipinski definition) is 1. The molecule has 0 aliphatic carbocycles. The Morgan fingerprint density at radius 1 is 1.46 bits per heavy atom. The van der Waals surface area contributed by atoms with E-state index in [0.29, 0.717) is 23.2 Å². The highest BCUT2D eigenvalue weighted by Crippen LogP contribution is 2.22. The molecule has 6 nitrogen and oxygen atoms in total. The largest absolute Gasteiger partial charge is 0.421 e. The van der Waals surface area contributed by atoms with Crippen LogP contribution in [0, 0.1) is 6.92 Å². The van der Waals surface area contributed by atoms with Crippen molar-refractivity contribution in [3.05, 3.63) is 12.1 Å². The van der Waals surface area contributed by atoms with E-state index in [4.69, 9.17) is 10.2 Å². The molecule has 2 rings (SSSR count). The molecule has 0 spiro atoms. The van der Waals surface area contributed by atoms with Crippen molar-refractivity contribution in [3.63, 3.8) is 0 Å². The van der Waals surface area contributed by atoms with Gasteiger partial charge in [-0.1, -0.05) is 0 Å². The van der Waals surface area contributed by atoms with Crippen LogP contribution in [-0.4, -0.2) is 20.0 Å². The molecule has 0 saturated carbocycles. The van der Waals surface area contributed by atoms with Crippen molar-refractivity contribution in [2.75, 3.05) is 5.73 Å². The number of anilines is 1. The van der Waals surface area contributed by atoms with Gasteiger partial charge in [-0.25, -0.2) is 0 Å². The first-order valence-electron chi connectivity index (χ1n) is 3.76. The van der Waals surface area contributed by atoms with E-state index in [9.17, 15) is 0 Å². The van der Waals surface area contributed by atoms with Gasteiger partial charge in [0, 0.05) is 20.2 Å².